The van der Waals surface area contributed by atoms with Gasteiger partial charge in [0.05, 0.1) is 16.6 Å². The summed E-state index contributed by atoms with van der Waals surface area (Å²) in [5.41, 5.74) is 2.40. The van der Waals surface area contributed by atoms with Gasteiger partial charge in [0.1, 0.15) is 5.75 Å². The van der Waals surface area contributed by atoms with Gasteiger partial charge in [-0.15, -0.1) is 13.2 Å². The van der Waals surface area contributed by atoms with Gasteiger partial charge in [0.15, 0.2) is 0 Å². The third-order valence-electron chi connectivity index (χ3n) is 6.79. The number of piperidine rings is 1. The molecule has 10 nitrogen and oxygen atoms in total. The van der Waals surface area contributed by atoms with Crippen molar-refractivity contribution in [3.05, 3.63) is 66.9 Å². The van der Waals surface area contributed by atoms with Crippen molar-refractivity contribution in [3.63, 3.8) is 0 Å². The number of rotatable bonds is 9. The molecule has 3 aromatic carbocycles. The van der Waals surface area contributed by atoms with E-state index in [-0.39, 0.29) is 10.6 Å². The number of nitrogens with zero attached hydrogens (tertiary/aromatic N) is 2. The summed E-state index contributed by atoms with van der Waals surface area (Å²) in [5.74, 6) is -0.461. The van der Waals surface area contributed by atoms with E-state index in [0.29, 0.717) is 35.4 Å². The van der Waals surface area contributed by atoms with Crippen LogP contribution < -0.4 is 20.1 Å². The van der Waals surface area contributed by atoms with Crippen molar-refractivity contribution in [2.45, 2.75) is 30.5 Å². The number of anilines is 2. The molecule has 4 N–H and O–H groups in total. The first-order valence-corrected chi connectivity index (χ1v) is 14.8. The number of H-pyrrole nitrogens is 1. The largest absolute Gasteiger partial charge is 0.573 e. The zero-order valence-electron chi connectivity index (χ0n) is 22.4. The molecule has 0 bridgehead atoms. The number of hydrogen-bond acceptors (Lipinski definition) is 6. The van der Waals surface area contributed by atoms with Gasteiger partial charge in [0.25, 0.3) is 0 Å². The van der Waals surface area contributed by atoms with Crippen LogP contribution in [-0.4, -0.2) is 62.1 Å². The second-order valence-electron chi connectivity index (χ2n) is 9.83. The van der Waals surface area contributed by atoms with Crippen LogP contribution in [0.25, 0.3) is 22.0 Å². The van der Waals surface area contributed by atoms with Gasteiger partial charge in [-0.1, -0.05) is 24.6 Å². The van der Waals surface area contributed by atoms with Crippen LogP contribution in [-0.2, 0) is 10.0 Å². The van der Waals surface area contributed by atoms with Gasteiger partial charge in [-0.3, -0.25) is 5.10 Å². The minimum absolute atomic E-state index is 0.103. The Kier molecular flexibility index (Phi) is 8.66. The molecule has 0 atom stereocenters. The lowest BCUT2D eigenvalue weighted by molar-refractivity contribution is -0.274. The number of fused-ring (bicyclic) bond motifs is 1. The summed E-state index contributed by atoms with van der Waals surface area (Å²) >= 11 is 0. The fraction of sp³-hybridized carbons (Fsp3) is 0.286. The highest BCUT2D eigenvalue weighted by Crippen LogP contribution is 2.32. The smallest absolute Gasteiger partial charge is 0.406 e. The normalized spacial score (nSPS) is 14.5. The van der Waals surface area contributed by atoms with E-state index in [1.807, 2.05) is 0 Å². The fourth-order valence-electron chi connectivity index (χ4n) is 4.82. The quantitative estimate of drug-likeness (QED) is 0.199. The van der Waals surface area contributed by atoms with E-state index in [1.165, 1.54) is 18.6 Å². The number of hydrogen-bond donors (Lipinski definition) is 4. The predicted molar refractivity (Wildman–Crippen MR) is 153 cm³/mol. The number of carbonyl (C=O) groups is 1. The van der Waals surface area contributed by atoms with E-state index < -0.39 is 28.2 Å². The van der Waals surface area contributed by atoms with Crippen LogP contribution in [0.5, 0.6) is 5.75 Å². The lowest BCUT2D eigenvalue weighted by Crippen LogP contribution is -2.37. The van der Waals surface area contributed by atoms with E-state index in [9.17, 15) is 26.4 Å². The molecule has 1 fully saturated rings. The third-order valence-corrected chi connectivity index (χ3v) is 8.23. The van der Waals surface area contributed by atoms with Crippen molar-refractivity contribution in [1.82, 2.24) is 19.8 Å². The molecule has 4 aromatic rings. The topological polar surface area (TPSA) is 128 Å². The summed E-state index contributed by atoms with van der Waals surface area (Å²) in [6, 6.07) is 14.1. The average molecular weight is 603 g/mol. The van der Waals surface area contributed by atoms with Crippen molar-refractivity contribution in [2.75, 3.05) is 36.8 Å². The summed E-state index contributed by atoms with van der Waals surface area (Å²) in [6.45, 7) is 2.90. The van der Waals surface area contributed by atoms with E-state index >= 15 is 0 Å². The van der Waals surface area contributed by atoms with Gasteiger partial charge in [0, 0.05) is 35.9 Å². The van der Waals surface area contributed by atoms with Gasteiger partial charge in [-0.05, 0) is 73.5 Å². The monoisotopic (exact) mass is 602 g/mol. The van der Waals surface area contributed by atoms with Gasteiger partial charge in [-0.25, -0.2) is 17.9 Å². The number of benzene rings is 3. The predicted octanol–water partition coefficient (Wildman–Crippen LogP) is 5.54. The second kappa shape index (κ2) is 12.4. The molecule has 14 heteroatoms. The minimum Gasteiger partial charge on any atom is -0.406 e. The number of ether oxygens (including phenoxy) is 1. The molecule has 0 unspecified atom stereocenters. The van der Waals surface area contributed by atoms with Crippen LogP contribution in [0.15, 0.2) is 71.8 Å². The Morgan fingerprint density at radius 1 is 0.976 bits per heavy atom. The van der Waals surface area contributed by atoms with Crippen molar-refractivity contribution in [2.24, 2.45) is 0 Å². The molecular weight excluding hydrogens is 573 g/mol. The number of carbonyl (C=O) groups excluding carboxylic acids is 1. The Morgan fingerprint density at radius 3 is 2.45 bits per heavy atom. The first-order chi connectivity index (χ1) is 20.1. The molecule has 5 rings (SSSR count). The zero-order chi connectivity index (χ0) is 29.7. The maximum Gasteiger partial charge on any atom is 0.573 e. The number of aromatic amines is 1. The Morgan fingerprint density at radius 2 is 1.71 bits per heavy atom. The zero-order valence-corrected chi connectivity index (χ0v) is 23.2. The van der Waals surface area contributed by atoms with Crippen LogP contribution >= 0.6 is 0 Å². The first-order valence-electron chi connectivity index (χ1n) is 13.3. The molecule has 1 aliphatic heterocycles. The van der Waals surface area contributed by atoms with Crippen molar-refractivity contribution >= 4 is 38.3 Å². The standard InChI is InChI=1S/C28H29F3N6O4S/c29-28(30,31)41-22-6-4-5-21(15-22)35-27(38)34-20-9-7-19(8-10-20)24-16-23(17-26-25(24)18-32-36-26)42(39,40)33-11-14-37-12-2-1-3-13-37/h4-10,15-18,33H,1-3,11-14H2,(H,32,36)(H2,34,35,38). The van der Waals surface area contributed by atoms with Crippen molar-refractivity contribution in [3.8, 4) is 16.9 Å². The van der Waals surface area contributed by atoms with Gasteiger partial charge in [0.2, 0.25) is 10.0 Å². The molecule has 1 aromatic heterocycles. The average Bonchev–Trinajstić information content (AvgIpc) is 3.42. The Balaban J connectivity index is 1.27. The Hall–Kier alpha value is -4.14. The minimum atomic E-state index is -4.85. The summed E-state index contributed by atoms with van der Waals surface area (Å²) in [7, 11) is -3.79. The fourth-order valence-corrected chi connectivity index (χ4v) is 5.89. The van der Waals surface area contributed by atoms with Crippen molar-refractivity contribution in [1.29, 1.82) is 0 Å². The van der Waals surface area contributed by atoms with Crippen LogP contribution in [0.4, 0.5) is 29.3 Å². The van der Waals surface area contributed by atoms with E-state index in [4.69, 9.17) is 0 Å². The molecule has 1 saturated heterocycles. The van der Waals surface area contributed by atoms with E-state index in [0.717, 1.165) is 43.5 Å². The summed E-state index contributed by atoms with van der Waals surface area (Å²) in [6.07, 6.45) is 0.220. The van der Waals surface area contributed by atoms with Crippen LogP contribution in [0.3, 0.4) is 0 Å². The molecule has 2 amide bonds. The summed E-state index contributed by atoms with van der Waals surface area (Å²) < 4.78 is 70.3. The highest BCUT2D eigenvalue weighted by atomic mass is 32.2. The second-order valence-corrected chi connectivity index (χ2v) is 11.6. The molecule has 1 aliphatic rings. The number of alkyl halides is 3. The Labute approximate surface area is 240 Å². The molecular formula is C28H29F3N6O4S. The van der Waals surface area contributed by atoms with Gasteiger partial charge < -0.3 is 20.3 Å². The number of likely N-dealkylation sites (tertiary alicyclic amines) is 1. The lowest BCUT2D eigenvalue weighted by atomic mass is 10.0. The Bertz CT molecular complexity index is 1650. The van der Waals surface area contributed by atoms with Crippen LogP contribution in [0.2, 0.25) is 0 Å². The number of halogens is 3. The maximum atomic E-state index is 13.2. The molecule has 0 spiro atoms. The van der Waals surface area contributed by atoms with Crippen LogP contribution in [0, 0.1) is 0 Å². The third kappa shape index (κ3) is 7.57. The summed E-state index contributed by atoms with van der Waals surface area (Å²) in [5, 5.41) is 12.7. The van der Waals surface area contributed by atoms with Crippen LogP contribution in [0.1, 0.15) is 19.3 Å². The number of nitrogens with one attached hydrogen (secondary N) is 4. The number of amides is 2. The number of sulfonamides is 1. The molecule has 0 saturated carbocycles. The SMILES string of the molecule is O=C(Nc1ccc(-c2cc(S(=O)(=O)NCCN3CCCCC3)cc3[nH]ncc23)cc1)Nc1cccc(OC(F)(F)F)c1. The highest BCUT2D eigenvalue weighted by Gasteiger charge is 2.31. The number of aromatic nitrogens is 2. The summed E-state index contributed by atoms with van der Waals surface area (Å²) in [4.78, 5) is 14.8. The molecule has 222 valence electrons. The molecule has 0 aliphatic carbocycles. The van der Waals surface area contributed by atoms with Gasteiger partial charge in [-0.2, -0.15) is 5.10 Å². The molecule has 2 heterocycles. The van der Waals surface area contributed by atoms with E-state index in [1.54, 1.807) is 42.6 Å². The van der Waals surface area contributed by atoms with E-state index in [2.05, 4.69) is 35.2 Å². The first kappa shape index (κ1) is 29.4. The van der Waals surface area contributed by atoms with Crippen molar-refractivity contribution < 1.29 is 31.1 Å². The number of urea groups is 1. The highest BCUT2D eigenvalue weighted by molar-refractivity contribution is 7.89. The molecule has 0 radical (unpaired) electrons. The maximum absolute atomic E-state index is 13.2. The molecule has 42 heavy (non-hydrogen) atoms. The lowest BCUT2D eigenvalue weighted by Gasteiger charge is -2.26. The van der Waals surface area contributed by atoms with Gasteiger partial charge >= 0.3 is 12.4 Å².